The molecule has 3 aromatic carbocycles. The molecule has 0 bridgehead atoms. The Kier molecular flexibility index (Phi) is 11.8. The van der Waals surface area contributed by atoms with Crippen LogP contribution in [0.5, 0.6) is 5.88 Å². The number of rotatable bonds is 10. The number of esters is 1. The smallest absolute Gasteiger partial charge is 0.338 e. The molecule has 0 saturated carbocycles. The number of benzene rings is 3. The minimum Gasteiger partial charge on any atom is -0.473 e. The van der Waals surface area contributed by atoms with Gasteiger partial charge in [-0.1, -0.05) is 41.9 Å². The standard InChI is InChI=1S/C34H31BrF3N3O4.C2H6/c1-34(2,3)45-33(42)20-9-11-29-30(15-20)41(12-13-43-4)31(39-29)16-22-14-27(38)24(18-26(22)37)28-6-5-7-32(40-28)44-19-21-8-10-23(35)17-25(21)36;1-2/h5-11,14-15,17-18H,12-13,16,19H2,1-4H3;1-2H3. The van der Waals surface area contributed by atoms with Crippen molar-refractivity contribution in [2.75, 3.05) is 13.7 Å². The van der Waals surface area contributed by atoms with Crippen LogP contribution >= 0.6 is 15.9 Å². The Bertz CT molecular complexity index is 1870. The van der Waals surface area contributed by atoms with Crippen LogP contribution in [0.2, 0.25) is 0 Å². The van der Waals surface area contributed by atoms with Crippen molar-refractivity contribution >= 4 is 32.9 Å². The first-order valence-electron chi connectivity index (χ1n) is 15.2. The quantitative estimate of drug-likeness (QED) is 0.135. The Hall–Kier alpha value is -4.22. The van der Waals surface area contributed by atoms with Gasteiger partial charge >= 0.3 is 5.97 Å². The van der Waals surface area contributed by atoms with Crippen LogP contribution in [0.1, 0.15) is 61.9 Å². The van der Waals surface area contributed by atoms with Crippen molar-refractivity contribution in [3.8, 4) is 17.1 Å². The van der Waals surface area contributed by atoms with Crippen molar-refractivity contribution < 1.29 is 32.2 Å². The van der Waals surface area contributed by atoms with E-state index in [9.17, 15) is 9.18 Å². The molecule has 0 amide bonds. The van der Waals surface area contributed by atoms with E-state index >= 15 is 8.78 Å². The summed E-state index contributed by atoms with van der Waals surface area (Å²) in [5.74, 6) is -1.63. The molecule has 47 heavy (non-hydrogen) atoms. The lowest BCUT2D eigenvalue weighted by Gasteiger charge is -2.19. The topological polar surface area (TPSA) is 75.5 Å². The van der Waals surface area contributed by atoms with Crippen LogP contribution in [0.15, 0.2) is 71.2 Å². The first kappa shape index (κ1) is 35.6. The predicted molar refractivity (Wildman–Crippen MR) is 179 cm³/mol. The third-order valence-corrected chi connectivity index (χ3v) is 7.35. The largest absolute Gasteiger partial charge is 0.473 e. The summed E-state index contributed by atoms with van der Waals surface area (Å²) in [6.45, 7) is 9.99. The van der Waals surface area contributed by atoms with Crippen LogP contribution in [0.4, 0.5) is 13.2 Å². The highest BCUT2D eigenvalue weighted by atomic mass is 79.9. The summed E-state index contributed by atoms with van der Waals surface area (Å²) in [7, 11) is 1.56. The van der Waals surface area contributed by atoms with Gasteiger partial charge in [-0.2, -0.15) is 0 Å². The second kappa shape index (κ2) is 15.6. The zero-order valence-corrected chi connectivity index (χ0v) is 28.8. The molecular formula is C36H37BrF3N3O4. The minimum absolute atomic E-state index is 0.0153. The number of nitrogens with zero attached hydrogens (tertiary/aromatic N) is 3. The molecule has 5 aromatic rings. The van der Waals surface area contributed by atoms with Crippen molar-refractivity contribution in [2.24, 2.45) is 0 Å². The van der Waals surface area contributed by atoms with Crippen LogP contribution in [0.3, 0.4) is 0 Å². The summed E-state index contributed by atoms with van der Waals surface area (Å²) in [4.78, 5) is 21.7. The van der Waals surface area contributed by atoms with Crippen LogP contribution in [0, 0.1) is 17.5 Å². The van der Waals surface area contributed by atoms with E-state index in [4.69, 9.17) is 14.2 Å². The monoisotopic (exact) mass is 711 g/mol. The summed E-state index contributed by atoms with van der Waals surface area (Å²) < 4.78 is 64.0. The zero-order valence-electron chi connectivity index (χ0n) is 27.2. The van der Waals surface area contributed by atoms with Crippen LogP contribution in [-0.2, 0) is 29.0 Å². The number of fused-ring (bicyclic) bond motifs is 1. The van der Waals surface area contributed by atoms with E-state index in [1.165, 1.54) is 12.1 Å². The molecule has 0 unspecified atom stereocenters. The van der Waals surface area contributed by atoms with E-state index in [2.05, 4.69) is 25.9 Å². The fraction of sp³-hybridized carbons (Fsp3) is 0.306. The van der Waals surface area contributed by atoms with E-state index in [0.29, 0.717) is 45.6 Å². The van der Waals surface area contributed by atoms with E-state index < -0.39 is 29.0 Å². The highest BCUT2D eigenvalue weighted by Crippen LogP contribution is 2.29. The number of halogens is 4. The van der Waals surface area contributed by atoms with Gasteiger partial charge in [-0.05, 0) is 74.9 Å². The summed E-state index contributed by atoms with van der Waals surface area (Å²) in [6, 6.07) is 16.5. The van der Waals surface area contributed by atoms with Crippen molar-refractivity contribution in [3.05, 3.63) is 111 Å². The zero-order chi connectivity index (χ0) is 34.3. The molecular weight excluding hydrogens is 675 g/mol. The SMILES string of the molecule is CC.COCCn1c(Cc2cc(F)c(-c3cccc(OCc4ccc(Br)cc4F)n3)cc2F)nc2ccc(C(=O)OC(C)(C)C)cc21. The van der Waals surface area contributed by atoms with Crippen molar-refractivity contribution in [3.63, 3.8) is 0 Å². The first-order valence-corrected chi connectivity index (χ1v) is 15.9. The van der Waals surface area contributed by atoms with Gasteiger partial charge in [-0.3, -0.25) is 0 Å². The van der Waals surface area contributed by atoms with Gasteiger partial charge in [0.25, 0.3) is 0 Å². The van der Waals surface area contributed by atoms with E-state index in [1.54, 1.807) is 70.3 Å². The van der Waals surface area contributed by atoms with Gasteiger partial charge in [0, 0.05) is 41.7 Å². The van der Waals surface area contributed by atoms with Crippen molar-refractivity contribution in [1.29, 1.82) is 0 Å². The highest BCUT2D eigenvalue weighted by molar-refractivity contribution is 9.10. The number of carbonyl (C=O) groups excluding carboxylic acids is 1. The van der Waals surface area contributed by atoms with Gasteiger partial charge < -0.3 is 18.8 Å². The van der Waals surface area contributed by atoms with Crippen LogP contribution in [-0.4, -0.2) is 39.8 Å². The third-order valence-electron chi connectivity index (χ3n) is 6.86. The van der Waals surface area contributed by atoms with Crippen molar-refractivity contribution in [2.45, 2.75) is 59.8 Å². The lowest BCUT2D eigenvalue weighted by molar-refractivity contribution is 0.00696. The lowest BCUT2D eigenvalue weighted by Crippen LogP contribution is -2.23. The van der Waals surface area contributed by atoms with Crippen LogP contribution in [0.25, 0.3) is 22.3 Å². The van der Waals surface area contributed by atoms with Crippen LogP contribution < -0.4 is 4.74 Å². The normalized spacial score (nSPS) is 11.3. The third kappa shape index (κ3) is 8.99. The van der Waals surface area contributed by atoms with Gasteiger partial charge in [0.1, 0.15) is 35.5 Å². The molecule has 0 fully saturated rings. The Labute approximate surface area is 280 Å². The van der Waals surface area contributed by atoms with Gasteiger partial charge in [0.2, 0.25) is 5.88 Å². The molecule has 0 N–H and O–H groups in total. The Balaban J connectivity index is 0.00000245. The molecule has 0 saturated heterocycles. The maximum Gasteiger partial charge on any atom is 0.338 e. The number of hydrogen-bond donors (Lipinski definition) is 0. The molecule has 0 spiro atoms. The minimum atomic E-state index is -0.679. The number of pyridine rings is 1. The van der Waals surface area contributed by atoms with Gasteiger partial charge in [-0.15, -0.1) is 0 Å². The lowest BCUT2D eigenvalue weighted by atomic mass is 10.0. The predicted octanol–water partition coefficient (Wildman–Crippen LogP) is 9.08. The number of aromatic nitrogens is 3. The summed E-state index contributed by atoms with van der Waals surface area (Å²) in [5.41, 5.74) is 1.46. The maximum absolute atomic E-state index is 15.5. The van der Waals surface area contributed by atoms with E-state index in [0.717, 1.165) is 12.1 Å². The average molecular weight is 713 g/mol. The number of ether oxygens (including phenoxy) is 3. The Morgan fingerprint density at radius 2 is 1.64 bits per heavy atom. The number of methoxy groups -OCH3 is 1. The molecule has 5 rings (SSSR count). The molecule has 2 heterocycles. The second-order valence-electron chi connectivity index (χ2n) is 11.4. The Morgan fingerprint density at radius 1 is 0.894 bits per heavy atom. The number of carbonyl (C=O) groups is 1. The molecule has 11 heteroatoms. The average Bonchev–Trinajstić information content (AvgIpc) is 3.37. The number of hydrogen-bond acceptors (Lipinski definition) is 6. The molecule has 0 radical (unpaired) electrons. The molecule has 248 valence electrons. The molecule has 2 aromatic heterocycles. The Morgan fingerprint density at radius 3 is 2.34 bits per heavy atom. The fourth-order valence-corrected chi connectivity index (χ4v) is 5.06. The molecule has 0 aliphatic heterocycles. The molecule has 0 aliphatic rings. The molecule has 0 aliphatic carbocycles. The summed E-state index contributed by atoms with van der Waals surface area (Å²) >= 11 is 3.22. The number of imidazole rings is 1. The summed E-state index contributed by atoms with van der Waals surface area (Å²) in [6.07, 6.45) is -0.0153. The molecule has 0 atom stereocenters. The van der Waals surface area contributed by atoms with E-state index in [-0.39, 0.29) is 35.7 Å². The van der Waals surface area contributed by atoms with Gasteiger partial charge in [0.05, 0.1) is 28.9 Å². The summed E-state index contributed by atoms with van der Waals surface area (Å²) in [5, 5.41) is 0. The van der Waals surface area contributed by atoms with E-state index in [1.807, 2.05) is 18.4 Å². The van der Waals surface area contributed by atoms with Gasteiger partial charge in [-0.25, -0.2) is 27.9 Å². The molecule has 7 nitrogen and oxygen atoms in total. The second-order valence-corrected chi connectivity index (χ2v) is 12.3. The van der Waals surface area contributed by atoms with Gasteiger partial charge in [0.15, 0.2) is 0 Å². The first-order chi connectivity index (χ1) is 22.4. The van der Waals surface area contributed by atoms with Crippen molar-refractivity contribution in [1.82, 2.24) is 14.5 Å². The maximum atomic E-state index is 15.5. The highest BCUT2D eigenvalue weighted by Gasteiger charge is 2.21. The fourth-order valence-electron chi connectivity index (χ4n) is 4.73.